The first-order valence-electron chi connectivity index (χ1n) is 11.1. The van der Waals surface area contributed by atoms with Crippen LogP contribution in [0.2, 0.25) is 5.02 Å². The third kappa shape index (κ3) is 6.00. The second kappa shape index (κ2) is 11.4. The van der Waals surface area contributed by atoms with Crippen LogP contribution in [0, 0.1) is 0 Å². The molecule has 0 aliphatic heterocycles. The topological polar surface area (TPSA) is 86.2 Å². The first-order chi connectivity index (χ1) is 17.4. The van der Waals surface area contributed by atoms with Crippen LogP contribution in [0.4, 0.5) is 0 Å². The number of nitrogens with one attached hydrogen (secondary N) is 1. The maximum absolute atomic E-state index is 12.5. The van der Waals surface area contributed by atoms with Crippen molar-refractivity contribution in [3.05, 3.63) is 101 Å². The molecule has 1 amide bonds. The van der Waals surface area contributed by atoms with Crippen LogP contribution in [0.3, 0.4) is 0 Å². The first-order valence-corrected chi connectivity index (χ1v) is 11.5. The van der Waals surface area contributed by atoms with Crippen LogP contribution in [-0.4, -0.2) is 31.3 Å². The van der Waals surface area contributed by atoms with E-state index in [1.54, 1.807) is 49.4 Å². The highest BCUT2D eigenvalue weighted by Gasteiger charge is 2.16. The number of hydrazone groups is 1. The van der Waals surface area contributed by atoms with E-state index in [-0.39, 0.29) is 5.75 Å². The van der Waals surface area contributed by atoms with E-state index in [2.05, 4.69) is 10.5 Å². The zero-order chi connectivity index (χ0) is 25.5. The van der Waals surface area contributed by atoms with Crippen molar-refractivity contribution in [3.63, 3.8) is 0 Å². The molecule has 4 rings (SSSR count). The molecule has 36 heavy (non-hydrogen) atoms. The van der Waals surface area contributed by atoms with Gasteiger partial charge in [-0.05, 0) is 66.4 Å². The standard InChI is InChI=1S/C28H23ClN2O5/c1-18(35-24-9-5-7-20-6-3-4-8-23(20)24)27(32)31-30-17-19-10-15-25(26(16-19)34-2)36-28(33)21-11-13-22(29)14-12-21/h3-18H,1-2H3,(H,31,32)/b30-17-/t18-/m0/s1. The van der Waals surface area contributed by atoms with Gasteiger partial charge in [0.05, 0.1) is 18.9 Å². The summed E-state index contributed by atoms with van der Waals surface area (Å²) in [6.07, 6.45) is 0.688. The molecule has 0 fully saturated rings. The summed E-state index contributed by atoms with van der Waals surface area (Å²) in [6.45, 7) is 1.65. The zero-order valence-corrected chi connectivity index (χ0v) is 20.4. The highest BCUT2D eigenvalue weighted by Crippen LogP contribution is 2.29. The molecule has 1 atom stereocenters. The third-order valence-corrected chi connectivity index (χ3v) is 5.53. The molecule has 0 unspecified atom stereocenters. The third-order valence-electron chi connectivity index (χ3n) is 5.28. The van der Waals surface area contributed by atoms with Gasteiger partial charge in [0.2, 0.25) is 0 Å². The Hall–Kier alpha value is -4.36. The molecular formula is C28H23ClN2O5. The summed E-state index contributed by atoms with van der Waals surface area (Å²) in [5.74, 6) is 0.252. The summed E-state index contributed by atoms with van der Waals surface area (Å²) >= 11 is 5.86. The summed E-state index contributed by atoms with van der Waals surface area (Å²) in [5, 5.41) is 6.48. The number of benzene rings is 4. The predicted octanol–water partition coefficient (Wildman–Crippen LogP) is 5.64. The van der Waals surface area contributed by atoms with E-state index in [0.29, 0.717) is 27.6 Å². The Balaban J connectivity index is 1.37. The monoisotopic (exact) mass is 502 g/mol. The van der Waals surface area contributed by atoms with Crippen LogP contribution in [0.25, 0.3) is 10.8 Å². The lowest BCUT2D eigenvalue weighted by Gasteiger charge is -2.14. The average molecular weight is 503 g/mol. The van der Waals surface area contributed by atoms with Crippen LogP contribution in [0.1, 0.15) is 22.8 Å². The van der Waals surface area contributed by atoms with E-state index in [1.165, 1.54) is 13.3 Å². The van der Waals surface area contributed by atoms with E-state index in [4.69, 9.17) is 25.8 Å². The van der Waals surface area contributed by atoms with Crippen molar-refractivity contribution in [1.29, 1.82) is 0 Å². The largest absolute Gasteiger partial charge is 0.493 e. The Morgan fingerprint density at radius 3 is 2.44 bits per heavy atom. The number of fused-ring (bicyclic) bond motifs is 1. The van der Waals surface area contributed by atoms with Gasteiger partial charge in [-0.2, -0.15) is 5.10 Å². The van der Waals surface area contributed by atoms with E-state index in [0.717, 1.165) is 10.8 Å². The quantitative estimate of drug-likeness (QED) is 0.146. The molecule has 0 bridgehead atoms. The fourth-order valence-electron chi connectivity index (χ4n) is 3.40. The lowest BCUT2D eigenvalue weighted by atomic mass is 10.1. The van der Waals surface area contributed by atoms with Crippen LogP contribution >= 0.6 is 11.6 Å². The molecular weight excluding hydrogens is 480 g/mol. The number of methoxy groups -OCH3 is 1. The molecule has 0 spiro atoms. The molecule has 0 heterocycles. The van der Waals surface area contributed by atoms with Gasteiger partial charge in [-0.3, -0.25) is 4.79 Å². The first kappa shape index (κ1) is 24.8. The normalized spacial score (nSPS) is 11.8. The Kier molecular flexibility index (Phi) is 7.82. The minimum absolute atomic E-state index is 0.246. The molecule has 0 saturated carbocycles. The molecule has 8 heteroatoms. The highest BCUT2D eigenvalue weighted by atomic mass is 35.5. The van der Waals surface area contributed by atoms with Crippen molar-refractivity contribution in [2.24, 2.45) is 5.10 Å². The van der Waals surface area contributed by atoms with Gasteiger partial charge in [0.15, 0.2) is 17.6 Å². The Bertz CT molecular complexity index is 1410. The molecule has 0 aliphatic carbocycles. The Morgan fingerprint density at radius 1 is 0.917 bits per heavy atom. The fraction of sp³-hybridized carbons (Fsp3) is 0.107. The fourth-order valence-corrected chi connectivity index (χ4v) is 3.52. The molecule has 182 valence electrons. The molecule has 0 radical (unpaired) electrons. The van der Waals surface area contributed by atoms with Gasteiger partial charge < -0.3 is 14.2 Å². The van der Waals surface area contributed by atoms with Crippen molar-refractivity contribution < 1.29 is 23.8 Å². The minimum atomic E-state index is -0.767. The van der Waals surface area contributed by atoms with E-state index in [1.807, 2.05) is 42.5 Å². The van der Waals surface area contributed by atoms with Crippen LogP contribution < -0.4 is 19.6 Å². The van der Waals surface area contributed by atoms with Crippen molar-refractivity contribution in [2.75, 3.05) is 7.11 Å². The van der Waals surface area contributed by atoms with Crippen molar-refractivity contribution in [3.8, 4) is 17.2 Å². The Labute approximate surface area is 213 Å². The minimum Gasteiger partial charge on any atom is -0.493 e. The van der Waals surface area contributed by atoms with Crippen LogP contribution in [0.15, 0.2) is 90.0 Å². The number of nitrogens with zero attached hydrogens (tertiary/aromatic N) is 1. The second-order valence-corrected chi connectivity index (χ2v) is 8.21. The number of amides is 1. The Morgan fingerprint density at radius 2 is 1.67 bits per heavy atom. The summed E-state index contributed by atoms with van der Waals surface area (Å²) < 4.78 is 16.6. The smallest absolute Gasteiger partial charge is 0.343 e. The molecule has 7 nitrogen and oxygen atoms in total. The number of carbonyl (C=O) groups is 2. The van der Waals surface area contributed by atoms with Crippen LogP contribution in [0.5, 0.6) is 17.2 Å². The van der Waals surface area contributed by atoms with Crippen molar-refractivity contribution >= 4 is 40.5 Å². The number of rotatable bonds is 8. The van der Waals surface area contributed by atoms with E-state index in [9.17, 15) is 9.59 Å². The lowest BCUT2D eigenvalue weighted by molar-refractivity contribution is -0.127. The number of halogens is 1. The number of esters is 1. The number of ether oxygens (including phenoxy) is 3. The van der Waals surface area contributed by atoms with Crippen LogP contribution in [-0.2, 0) is 4.79 Å². The van der Waals surface area contributed by atoms with Crippen molar-refractivity contribution in [2.45, 2.75) is 13.0 Å². The molecule has 0 aliphatic rings. The zero-order valence-electron chi connectivity index (χ0n) is 19.6. The van der Waals surface area contributed by atoms with Gasteiger partial charge in [-0.15, -0.1) is 0 Å². The van der Waals surface area contributed by atoms with Gasteiger partial charge in [0, 0.05) is 10.4 Å². The van der Waals surface area contributed by atoms with Gasteiger partial charge in [0.1, 0.15) is 5.75 Å². The van der Waals surface area contributed by atoms with Gasteiger partial charge in [-0.25, -0.2) is 10.2 Å². The summed E-state index contributed by atoms with van der Waals surface area (Å²) in [5.41, 5.74) is 3.46. The number of carbonyl (C=O) groups excluding carboxylic acids is 2. The molecule has 1 N–H and O–H groups in total. The number of hydrogen-bond donors (Lipinski definition) is 1. The predicted molar refractivity (Wildman–Crippen MR) is 139 cm³/mol. The average Bonchev–Trinajstić information content (AvgIpc) is 2.89. The summed E-state index contributed by atoms with van der Waals surface area (Å²) in [6, 6.07) is 24.7. The summed E-state index contributed by atoms with van der Waals surface area (Å²) in [7, 11) is 1.46. The number of hydrogen-bond acceptors (Lipinski definition) is 6. The van der Waals surface area contributed by atoms with Gasteiger partial charge in [-0.1, -0.05) is 48.0 Å². The van der Waals surface area contributed by atoms with Gasteiger partial charge in [0.25, 0.3) is 5.91 Å². The summed E-state index contributed by atoms with van der Waals surface area (Å²) in [4.78, 5) is 24.9. The molecule has 4 aromatic carbocycles. The van der Waals surface area contributed by atoms with Crippen molar-refractivity contribution in [1.82, 2.24) is 5.43 Å². The maximum Gasteiger partial charge on any atom is 0.343 e. The molecule has 4 aromatic rings. The highest BCUT2D eigenvalue weighted by molar-refractivity contribution is 6.30. The van der Waals surface area contributed by atoms with E-state index >= 15 is 0 Å². The lowest BCUT2D eigenvalue weighted by Crippen LogP contribution is -2.33. The maximum atomic E-state index is 12.5. The molecule has 0 saturated heterocycles. The van der Waals surface area contributed by atoms with E-state index < -0.39 is 18.0 Å². The van der Waals surface area contributed by atoms with Gasteiger partial charge >= 0.3 is 5.97 Å². The molecule has 0 aromatic heterocycles. The second-order valence-electron chi connectivity index (χ2n) is 7.78. The SMILES string of the molecule is COc1cc(/C=N\NC(=O)[C@H](C)Oc2cccc3ccccc23)ccc1OC(=O)c1ccc(Cl)cc1.